The molecule has 0 atom stereocenters. The lowest BCUT2D eigenvalue weighted by molar-refractivity contribution is -0.385. The number of anilines is 1. The number of hydrogen-bond donors (Lipinski definition) is 0. The smallest absolute Gasteiger partial charge is 0.268 e. The minimum absolute atomic E-state index is 0.0548. The Morgan fingerprint density at radius 1 is 0.900 bits per heavy atom. The zero-order chi connectivity index (χ0) is 22.1. The molecular formula is C22H20N2O5S. The second kappa shape index (κ2) is 8.08. The van der Waals surface area contributed by atoms with Gasteiger partial charge >= 0.3 is 0 Å². The molecule has 0 bridgehead atoms. The average molecular weight is 424 g/mol. The number of amides is 1. The number of aryl methyl sites for hydroxylation is 2. The SMILES string of the molecule is Cc1ccc(C(=O)N(c2cccc(C)c2C)S(=O)(=O)c2ccccc2)cc1[N+](=O)[O-]. The molecule has 30 heavy (non-hydrogen) atoms. The first-order valence-electron chi connectivity index (χ1n) is 9.10. The summed E-state index contributed by atoms with van der Waals surface area (Å²) in [4.78, 5) is 24.1. The molecule has 0 N–H and O–H groups in total. The van der Waals surface area contributed by atoms with E-state index in [4.69, 9.17) is 0 Å². The predicted octanol–water partition coefficient (Wildman–Crippen LogP) is 4.56. The van der Waals surface area contributed by atoms with Gasteiger partial charge < -0.3 is 0 Å². The molecule has 1 amide bonds. The van der Waals surface area contributed by atoms with Crippen LogP contribution in [0.5, 0.6) is 0 Å². The minimum Gasteiger partial charge on any atom is -0.268 e. The molecule has 8 heteroatoms. The van der Waals surface area contributed by atoms with Gasteiger partial charge in [0, 0.05) is 17.2 Å². The van der Waals surface area contributed by atoms with Gasteiger partial charge in [-0.15, -0.1) is 0 Å². The van der Waals surface area contributed by atoms with Crippen LogP contribution in [-0.2, 0) is 10.0 Å². The van der Waals surface area contributed by atoms with Crippen molar-refractivity contribution in [3.63, 3.8) is 0 Å². The third-order valence-electron chi connectivity index (χ3n) is 4.91. The van der Waals surface area contributed by atoms with Crippen LogP contribution in [0.4, 0.5) is 11.4 Å². The number of nitrogens with zero attached hydrogens (tertiary/aromatic N) is 2. The molecule has 3 aromatic carbocycles. The zero-order valence-corrected chi connectivity index (χ0v) is 17.5. The van der Waals surface area contributed by atoms with Crippen LogP contribution < -0.4 is 4.31 Å². The molecule has 0 fully saturated rings. The van der Waals surface area contributed by atoms with Crippen LogP contribution in [0.2, 0.25) is 0 Å². The van der Waals surface area contributed by atoms with Gasteiger partial charge in [0.15, 0.2) is 0 Å². The zero-order valence-electron chi connectivity index (χ0n) is 16.7. The van der Waals surface area contributed by atoms with E-state index in [9.17, 15) is 23.3 Å². The van der Waals surface area contributed by atoms with E-state index in [0.717, 1.165) is 15.9 Å². The highest BCUT2D eigenvalue weighted by atomic mass is 32.2. The fourth-order valence-corrected chi connectivity index (χ4v) is 4.55. The van der Waals surface area contributed by atoms with E-state index in [1.165, 1.54) is 24.3 Å². The first-order valence-corrected chi connectivity index (χ1v) is 10.5. The van der Waals surface area contributed by atoms with Gasteiger partial charge in [-0.25, -0.2) is 8.42 Å². The second-order valence-corrected chi connectivity index (χ2v) is 8.65. The number of hydrogen-bond acceptors (Lipinski definition) is 5. The number of carbonyl (C=O) groups excluding carboxylic acids is 1. The molecule has 0 aliphatic carbocycles. The Morgan fingerprint density at radius 2 is 1.57 bits per heavy atom. The summed E-state index contributed by atoms with van der Waals surface area (Å²) in [5, 5.41) is 11.3. The van der Waals surface area contributed by atoms with Gasteiger partial charge in [0.25, 0.3) is 21.6 Å². The van der Waals surface area contributed by atoms with Crippen molar-refractivity contribution in [1.82, 2.24) is 0 Å². The summed E-state index contributed by atoms with van der Waals surface area (Å²) in [7, 11) is -4.27. The Morgan fingerprint density at radius 3 is 2.20 bits per heavy atom. The molecule has 0 spiro atoms. The van der Waals surface area contributed by atoms with Crippen molar-refractivity contribution in [2.24, 2.45) is 0 Å². The summed E-state index contributed by atoms with van der Waals surface area (Å²) in [5.74, 6) is -0.865. The van der Waals surface area contributed by atoms with E-state index < -0.39 is 20.9 Å². The topological polar surface area (TPSA) is 97.6 Å². The van der Waals surface area contributed by atoms with Crippen LogP contribution >= 0.6 is 0 Å². The summed E-state index contributed by atoms with van der Waals surface area (Å²) in [6, 6.07) is 16.6. The lowest BCUT2D eigenvalue weighted by Crippen LogP contribution is -2.37. The summed E-state index contributed by atoms with van der Waals surface area (Å²) < 4.78 is 27.7. The molecule has 0 aliphatic rings. The number of nitro benzene ring substituents is 1. The molecule has 0 radical (unpaired) electrons. The number of carbonyl (C=O) groups is 1. The standard InChI is InChI=1S/C22H20N2O5S/c1-15-8-7-11-20(17(15)3)23(30(28,29)19-9-5-4-6-10-19)22(25)18-13-12-16(2)21(14-18)24(26)27/h4-14H,1-3H3. The van der Waals surface area contributed by atoms with Crippen molar-refractivity contribution in [3.8, 4) is 0 Å². The summed E-state index contributed by atoms with van der Waals surface area (Å²) >= 11 is 0. The van der Waals surface area contributed by atoms with E-state index in [1.54, 1.807) is 44.2 Å². The van der Waals surface area contributed by atoms with Gasteiger partial charge in [-0.05, 0) is 56.2 Å². The van der Waals surface area contributed by atoms with Crippen molar-refractivity contribution >= 4 is 27.3 Å². The summed E-state index contributed by atoms with van der Waals surface area (Å²) in [6.45, 7) is 5.09. The Hall–Kier alpha value is -3.52. The van der Waals surface area contributed by atoms with Gasteiger partial charge in [0.1, 0.15) is 0 Å². The van der Waals surface area contributed by atoms with Gasteiger partial charge in [-0.3, -0.25) is 14.9 Å². The van der Waals surface area contributed by atoms with E-state index in [2.05, 4.69) is 0 Å². The van der Waals surface area contributed by atoms with Crippen molar-refractivity contribution < 1.29 is 18.1 Å². The van der Waals surface area contributed by atoms with Gasteiger partial charge in [-0.2, -0.15) is 4.31 Å². The second-order valence-electron chi connectivity index (χ2n) is 6.87. The van der Waals surface area contributed by atoms with Crippen molar-refractivity contribution in [1.29, 1.82) is 0 Å². The number of rotatable bonds is 5. The maximum absolute atomic E-state index is 13.5. The van der Waals surface area contributed by atoms with E-state index in [1.807, 2.05) is 13.0 Å². The van der Waals surface area contributed by atoms with Crippen LogP contribution in [0.25, 0.3) is 0 Å². The molecule has 0 aliphatic heterocycles. The summed E-state index contributed by atoms with van der Waals surface area (Å²) in [6.07, 6.45) is 0. The summed E-state index contributed by atoms with van der Waals surface area (Å²) in [5.41, 5.74) is 1.66. The maximum atomic E-state index is 13.5. The molecule has 0 aromatic heterocycles. The number of nitro groups is 1. The molecule has 0 saturated carbocycles. The Bertz CT molecular complexity index is 1240. The highest BCUT2D eigenvalue weighted by Gasteiger charge is 2.33. The van der Waals surface area contributed by atoms with Crippen LogP contribution in [0.1, 0.15) is 27.0 Å². The van der Waals surface area contributed by atoms with Crippen LogP contribution in [0.15, 0.2) is 71.6 Å². The van der Waals surface area contributed by atoms with Crippen molar-refractivity contribution in [2.75, 3.05) is 4.31 Å². The fourth-order valence-electron chi connectivity index (χ4n) is 3.06. The highest BCUT2D eigenvalue weighted by molar-refractivity contribution is 7.93. The third kappa shape index (κ3) is 3.81. The Kier molecular flexibility index (Phi) is 5.71. The number of benzene rings is 3. The van der Waals surface area contributed by atoms with Gasteiger partial charge in [0.2, 0.25) is 0 Å². The predicted molar refractivity (Wildman–Crippen MR) is 114 cm³/mol. The van der Waals surface area contributed by atoms with Gasteiger partial charge in [-0.1, -0.05) is 36.4 Å². The highest BCUT2D eigenvalue weighted by Crippen LogP contribution is 2.31. The molecule has 3 aromatic rings. The third-order valence-corrected chi connectivity index (χ3v) is 6.62. The molecular weight excluding hydrogens is 404 g/mol. The number of sulfonamides is 1. The van der Waals surface area contributed by atoms with E-state index in [-0.39, 0.29) is 21.8 Å². The monoisotopic (exact) mass is 424 g/mol. The minimum atomic E-state index is -4.27. The van der Waals surface area contributed by atoms with Crippen LogP contribution in [-0.4, -0.2) is 19.2 Å². The van der Waals surface area contributed by atoms with E-state index in [0.29, 0.717) is 11.1 Å². The maximum Gasteiger partial charge on any atom is 0.273 e. The molecule has 7 nitrogen and oxygen atoms in total. The normalized spacial score (nSPS) is 11.2. The van der Waals surface area contributed by atoms with Crippen LogP contribution in [0, 0.1) is 30.9 Å². The molecule has 3 rings (SSSR count). The van der Waals surface area contributed by atoms with Gasteiger partial charge in [0.05, 0.1) is 15.5 Å². The van der Waals surface area contributed by atoms with Crippen molar-refractivity contribution in [3.05, 3.63) is 99.1 Å². The lowest BCUT2D eigenvalue weighted by atomic mass is 10.1. The molecule has 0 unspecified atom stereocenters. The Balaban J connectivity index is 2.25. The molecule has 0 saturated heterocycles. The molecule has 154 valence electrons. The Labute approximate surface area is 174 Å². The van der Waals surface area contributed by atoms with Crippen LogP contribution in [0.3, 0.4) is 0 Å². The van der Waals surface area contributed by atoms with E-state index >= 15 is 0 Å². The first-order chi connectivity index (χ1) is 14.1. The average Bonchev–Trinajstić information content (AvgIpc) is 2.72. The molecule has 0 heterocycles. The quantitative estimate of drug-likeness (QED) is 0.442. The van der Waals surface area contributed by atoms with Crippen molar-refractivity contribution in [2.45, 2.75) is 25.7 Å². The largest absolute Gasteiger partial charge is 0.273 e. The first kappa shape index (κ1) is 21.2. The fraction of sp³-hybridized carbons (Fsp3) is 0.136. The lowest BCUT2D eigenvalue weighted by Gasteiger charge is -2.25.